The number of hydrogen-bond donors (Lipinski definition) is 0. The van der Waals surface area contributed by atoms with Crippen molar-refractivity contribution in [3.63, 3.8) is 0 Å². The van der Waals surface area contributed by atoms with E-state index in [4.69, 9.17) is 15.0 Å². The van der Waals surface area contributed by atoms with E-state index in [1.54, 1.807) is 0 Å². The van der Waals surface area contributed by atoms with Gasteiger partial charge < -0.3 is 0 Å². The average molecular weight is 491 g/mol. The van der Waals surface area contributed by atoms with Crippen LogP contribution < -0.4 is 0 Å². The van der Waals surface area contributed by atoms with Crippen molar-refractivity contribution in [2.45, 2.75) is 37.5 Å². The summed E-state index contributed by atoms with van der Waals surface area (Å²) in [6.45, 7) is 0. The number of nitrogens with zero attached hydrogens (tertiary/aromatic N) is 4. The van der Waals surface area contributed by atoms with Gasteiger partial charge in [0.15, 0.2) is 17.5 Å². The molecule has 4 heteroatoms. The number of benzene rings is 4. The lowest BCUT2D eigenvalue weighted by Gasteiger charge is -2.36. The fourth-order valence-electron chi connectivity index (χ4n) is 6.41. The molecule has 0 amide bonds. The highest BCUT2D eigenvalue weighted by atomic mass is 15.0. The Bertz CT molecular complexity index is 1640. The predicted octanol–water partition coefficient (Wildman–Crippen LogP) is 7.97. The average Bonchev–Trinajstić information content (AvgIpc) is 3.26. The van der Waals surface area contributed by atoms with Crippen molar-refractivity contribution in [3.05, 3.63) is 114 Å². The zero-order valence-corrected chi connectivity index (χ0v) is 21.1. The normalized spacial score (nSPS) is 15.0. The van der Waals surface area contributed by atoms with E-state index in [2.05, 4.69) is 30.3 Å². The first-order chi connectivity index (χ1) is 18.8. The SMILES string of the molecule is N#Cc1cccc2c1-c1ccc(-c3nc(-c4ccccc4)nc(-c4ccccc4)n3)cc1C21CCCCC1. The van der Waals surface area contributed by atoms with Gasteiger partial charge in [0.1, 0.15) is 0 Å². The maximum absolute atomic E-state index is 9.95. The van der Waals surface area contributed by atoms with E-state index < -0.39 is 0 Å². The van der Waals surface area contributed by atoms with Gasteiger partial charge in [0, 0.05) is 27.7 Å². The maximum atomic E-state index is 9.95. The smallest absolute Gasteiger partial charge is 0.164 e. The molecule has 2 aliphatic carbocycles. The summed E-state index contributed by atoms with van der Waals surface area (Å²) in [6, 6.07) is 35.4. The number of aromatic nitrogens is 3. The van der Waals surface area contributed by atoms with E-state index in [9.17, 15) is 5.26 Å². The van der Waals surface area contributed by atoms with Crippen LogP contribution in [0.5, 0.6) is 0 Å². The highest BCUT2D eigenvalue weighted by Gasteiger charge is 2.44. The monoisotopic (exact) mass is 490 g/mol. The molecule has 5 aromatic rings. The molecule has 0 N–H and O–H groups in total. The highest BCUT2D eigenvalue weighted by Crippen LogP contribution is 2.57. The van der Waals surface area contributed by atoms with E-state index in [0.29, 0.717) is 17.5 Å². The van der Waals surface area contributed by atoms with Crippen LogP contribution in [0.15, 0.2) is 97.1 Å². The van der Waals surface area contributed by atoms with Gasteiger partial charge in [0.2, 0.25) is 0 Å². The van der Waals surface area contributed by atoms with Gasteiger partial charge in [-0.3, -0.25) is 0 Å². The van der Waals surface area contributed by atoms with Crippen molar-refractivity contribution in [1.82, 2.24) is 15.0 Å². The van der Waals surface area contributed by atoms with Gasteiger partial charge in [-0.05, 0) is 41.7 Å². The first-order valence-corrected chi connectivity index (χ1v) is 13.3. The summed E-state index contributed by atoms with van der Waals surface area (Å²) >= 11 is 0. The molecule has 0 aliphatic heterocycles. The van der Waals surface area contributed by atoms with Crippen molar-refractivity contribution >= 4 is 0 Å². The minimum absolute atomic E-state index is 0.0522. The van der Waals surface area contributed by atoms with Crippen LogP contribution in [0, 0.1) is 11.3 Å². The Morgan fingerprint density at radius 2 is 1.18 bits per heavy atom. The molecule has 0 bridgehead atoms. The van der Waals surface area contributed by atoms with Crippen LogP contribution in [-0.4, -0.2) is 15.0 Å². The van der Waals surface area contributed by atoms with Crippen LogP contribution in [0.2, 0.25) is 0 Å². The molecule has 1 fully saturated rings. The first kappa shape index (κ1) is 22.6. The molecule has 4 aromatic carbocycles. The van der Waals surface area contributed by atoms with Gasteiger partial charge in [0.25, 0.3) is 0 Å². The van der Waals surface area contributed by atoms with E-state index in [0.717, 1.165) is 40.7 Å². The van der Waals surface area contributed by atoms with Crippen LogP contribution in [0.4, 0.5) is 0 Å². The van der Waals surface area contributed by atoms with E-state index in [-0.39, 0.29) is 5.41 Å². The lowest BCUT2D eigenvalue weighted by molar-refractivity contribution is 0.353. The number of rotatable bonds is 3. The molecule has 182 valence electrons. The van der Waals surface area contributed by atoms with Gasteiger partial charge in [-0.2, -0.15) is 5.26 Å². The zero-order valence-electron chi connectivity index (χ0n) is 21.1. The Labute approximate surface area is 222 Å². The molecule has 0 radical (unpaired) electrons. The summed E-state index contributed by atoms with van der Waals surface area (Å²) in [7, 11) is 0. The molecular formula is C34H26N4. The van der Waals surface area contributed by atoms with Gasteiger partial charge in [-0.25, -0.2) is 15.0 Å². The Morgan fingerprint density at radius 1 is 0.579 bits per heavy atom. The van der Waals surface area contributed by atoms with E-state index >= 15 is 0 Å². The molecule has 7 rings (SSSR count). The topological polar surface area (TPSA) is 62.5 Å². The summed E-state index contributed by atoms with van der Waals surface area (Å²) in [4.78, 5) is 14.8. The summed E-state index contributed by atoms with van der Waals surface area (Å²) in [5.41, 5.74) is 8.54. The first-order valence-electron chi connectivity index (χ1n) is 13.3. The molecule has 1 saturated carbocycles. The summed E-state index contributed by atoms with van der Waals surface area (Å²) in [6.07, 6.45) is 5.86. The highest BCUT2D eigenvalue weighted by molar-refractivity contribution is 5.87. The second-order valence-corrected chi connectivity index (χ2v) is 10.3. The van der Waals surface area contributed by atoms with Crippen molar-refractivity contribution in [1.29, 1.82) is 5.26 Å². The molecule has 1 spiro atoms. The fraction of sp³-hybridized carbons (Fsp3) is 0.176. The van der Waals surface area contributed by atoms with Gasteiger partial charge in [-0.15, -0.1) is 0 Å². The summed E-state index contributed by atoms with van der Waals surface area (Å²) < 4.78 is 0. The van der Waals surface area contributed by atoms with Crippen LogP contribution in [0.3, 0.4) is 0 Å². The Kier molecular flexibility index (Phi) is 5.37. The summed E-state index contributed by atoms with van der Waals surface area (Å²) in [5, 5.41) is 9.95. The quantitative estimate of drug-likeness (QED) is 0.257. The van der Waals surface area contributed by atoms with E-state index in [1.165, 1.54) is 36.0 Å². The predicted molar refractivity (Wildman–Crippen MR) is 150 cm³/mol. The largest absolute Gasteiger partial charge is 0.208 e. The molecule has 38 heavy (non-hydrogen) atoms. The maximum Gasteiger partial charge on any atom is 0.164 e. The third-order valence-corrected chi connectivity index (χ3v) is 8.17. The molecule has 4 nitrogen and oxygen atoms in total. The molecule has 1 aromatic heterocycles. The second kappa shape index (κ2) is 9.04. The third-order valence-electron chi connectivity index (χ3n) is 8.17. The Balaban J connectivity index is 1.44. The lowest BCUT2D eigenvalue weighted by atomic mass is 9.67. The fourth-order valence-corrected chi connectivity index (χ4v) is 6.41. The number of nitriles is 1. The van der Waals surface area contributed by atoms with Gasteiger partial charge >= 0.3 is 0 Å². The molecular weight excluding hydrogens is 464 g/mol. The minimum Gasteiger partial charge on any atom is -0.208 e. The molecule has 0 atom stereocenters. The zero-order chi connectivity index (χ0) is 25.5. The standard InChI is InChI=1S/C34H26N4/c35-22-26-15-10-16-28-30(26)27-18-17-25(21-29(27)34(28)19-8-3-9-20-34)33-37-31(23-11-4-1-5-12-23)36-32(38-33)24-13-6-2-7-14-24/h1-2,4-7,10-18,21H,3,8-9,19-20H2. The van der Waals surface area contributed by atoms with Crippen molar-refractivity contribution in [3.8, 4) is 51.4 Å². The van der Waals surface area contributed by atoms with Crippen LogP contribution in [0.1, 0.15) is 48.8 Å². The molecule has 2 aliphatic rings. The van der Waals surface area contributed by atoms with Crippen molar-refractivity contribution in [2.24, 2.45) is 0 Å². The van der Waals surface area contributed by atoms with E-state index in [1.807, 2.05) is 72.8 Å². The molecule has 1 heterocycles. The van der Waals surface area contributed by atoms with Crippen molar-refractivity contribution in [2.75, 3.05) is 0 Å². The van der Waals surface area contributed by atoms with Gasteiger partial charge in [0.05, 0.1) is 11.6 Å². The lowest BCUT2D eigenvalue weighted by Crippen LogP contribution is -2.28. The molecule has 0 saturated heterocycles. The van der Waals surface area contributed by atoms with Crippen molar-refractivity contribution < 1.29 is 0 Å². The third kappa shape index (κ3) is 3.55. The van der Waals surface area contributed by atoms with Crippen LogP contribution in [0.25, 0.3) is 45.3 Å². The minimum atomic E-state index is -0.0522. The van der Waals surface area contributed by atoms with Crippen LogP contribution >= 0.6 is 0 Å². The Hall–Kier alpha value is -4.62. The summed E-state index contributed by atoms with van der Waals surface area (Å²) in [5.74, 6) is 2.00. The van der Waals surface area contributed by atoms with Gasteiger partial charge in [-0.1, -0.05) is 104 Å². The Morgan fingerprint density at radius 3 is 1.79 bits per heavy atom. The second-order valence-electron chi connectivity index (χ2n) is 10.3. The van der Waals surface area contributed by atoms with Crippen LogP contribution in [-0.2, 0) is 5.41 Å². The number of fused-ring (bicyclic) bond motifs is 5. The number of hydrogen-bond acceptors (Lipinski definition) is 4. The molecule has 0 unspecified atom stereocenters.